The van der Waals surface area contributed by atoms with E-state index < -0.39 is 0 Å². The summed E-state index contributed by atoms with van der Waals surface area (Å²) in [5, 5.41) is 0. The van der Waals surface area contributed by atoms with Crippen LogP contribution in [0.1, 0.15) is 53.9 Å². The molecule has 0 aromatic rings. The molecule has 0 aliphatic carbocycles. The molecule has 0 amide bonds. The molecular formula is C20H40N2O2. The monoisotopic (exact) mass is 340 g/mol. The van der Waals surface area contributed by atoms with Crippen molar-refractivity contribution in [1.29, 1.82) is 0 Å². The summed E-state index contributed by atoms with van der Waals surface area (Å²) < 4.78 is 12.2. The predicted molar refractivity (Wildman–Crippen MR) is 101 cm³/mol. The summed E-state index contributed by atoms with van der Waals surface area (Å²) in [6.45, 7) is 18.7. The summed E-state index contributed by atoms with van der Waals surface area (Å²) >= 11 is 0. The molecule has 0 aromatic heterocycles. The van der Waals surface area contributed by atoms with Gasteiger partial charge < -0.3 is 19.3 Å². The Balaban J connectivity index is 1.61. The normalized spacial score (nSPS) is 27.2. The third-order valence-corrected chi connectivity index (χ3v) is 5.35. The number of rotatable bonds is 8. The van der Waals surface area contributed by atoms with Crippen LogP contribution in [-0.2, 0) is 9.47 Å². The lowest BCUT2D eigenvalue weighted by Crippen LogP contribution is -2.34. The maximum atomic E-state index is 6.26. The fourth-order valence-electron chi connectivity index (χ4n) is 3.63. The second kappa shape index (κ2) is 8.48. The van der Waals surface area contributed by atoms with Crippen molar-refractivity contribution < 1.29 is 9.47 Å². The van der Waals surface area contributed by atoms with Crippen LogP contribution >= 0.6 is 0 Å². The lowest BCUT2D eigenvalue weighted by atomic mass is 10.0. The molecule has 4 nitrogen and oxygen atoms in total. The maximum Gasteiger partial charge on any atom is 0.0638 e. The van der Waals surface area contributed by atoms with Crippen molar-refractivity contribution in [3.63, 3.8) is 0 Å². The number of nitrogens with zero attached hydrogens (tertiary/aromatic N) is 2. The van der Waals surface area contributed by atoms with Crippen molar-refractivity contribution in [2.75, 3.05) is 53.0 Å². The van der Waals surface area contributed by atoms with Crippen molar-refractivity contribution >= 4 is 0 Å². The van der Waals surface area contributed by atoms with Gasteiger partial charge in [0.05, 0.1) is 24.4 Å². The largest absolute Gasteiger partial charge is 0.376 e. The van der Waals surface area contributed by atoms with E-state index in [2.05, 4.69) is 51.5 Å². The zero-order valence-corrected chi connectivity index (χ0v) is 16.9. The van der Waals surface area contributed by atoms with E-state index in [0.29, 0.717) is 5.92 Å². The van der Waals surface area contributed by atoms with Gasteiger partial charge in [-0.25, -0.2) is 0 Å². The van der Waals surface area contributed by atoms with Crippen molar-refractivity contribution in [1.82, 2.24) is 9.80 Å². The molecule has 2 rings (SSSR count). The molecule has 0 spiro atoms. The summed E-state index contributed by atoms with van der Waals surface area (Å²) in [5.74, 6) is 1.42. The van der Waals surface area contributed by atoms with Crippen LogP contribution < -0.4 is 0 Å². The van der Waals surface area contributed by atoms with Gasteiger partial charge in [-0.05, 0) is 85.9 Å². The molecule has 0 N–H and O–H groups in total. The Morgan fingerprint density at radius 1 is 0.875 bits per heavy atom. The first-order chi connectivity index (χ1) is 11.1. The average molecular weight is 341 g/mol. The molecule has 2 fully saturated rings. The zero-order chi connectivity index (χ0) is 17.8. The molecule has 24 heavy (non-hydrogen) atoms. The van der Waals surface area contributed by atoms with Gasteiger partial charge in [-0.1, -0.05) is 0 Å². The van der Waals surface area contributed by atoms with E-state index in [0.717, 1.165) is 32.1 Å². The summed E-state index contributed by atoms with van der Waals surface area (Å²) in [5.41, 5.74) is -0.0291. The molecule has 142 valence electrons. The van der Waals surface area contributed by atoms with Gasteiger partial charge in [-0.3, -0.25) is 0 Å². The quantitative estimate of drug-likeness (QED) is 0.677. The smallest absolute Gasteiger partial charge is 0.0638 e. The van der Waals surface area contributed by atoms with E-state index >= 15 is 0 Å². The number of hydrogen-bond donors (Lipinski definition) is 0. The first-order valence-electron chi connectivity index (χ1n) is 9.82. The number of hydrogen-bond acceptors (Lipinski definition) is 4. The minimum atomic E-state index is -0.0163. The lowest BCUT2D eigenvalue weighted by Gasteiger charge is -2.29. The number of ether oxygens (including phenoxy) is 2. The Hall–Kier alpha value is -0.160. The van der Waals surface area contributed by atoms with Crippen LogP contribution in [0.5, 0.6) is 0 Å². The third-order valence-electron chi connectivity index (χ3n) is 5.35. The van der Waals surface area contributed by atoms with Gasteiger partial charge in [0, 0.05) is 19.6 Å². The average Bonchev–Trinajstić information content (AvgIpc) is 3.09. The minimum absolute atomic E-state index is 0.0127. The van der Waals surface area contributed by atoms with Crippen LogP contribution in [0.4, 0.5) is 0 Å². The lowest BCUT2D eigenvalue weighted by molar-refractivity contribution is -0.0436. The molecule has 1 unspecified atom stereocenters. The third kappa shape index (κ3) is 7.38. The second-order valence-corrected chi connectivity index (χ2v) is 9.62. The first-order valence-corrected chi connectivity index (χ1v) is 9.82. The molecule has 2 heterocycles. The van der Waals surface area contributed by atoms with E-state index in [1.807, 2.05) is 0 Å². The van der Waals surface area contributed by atoms with Gasteiger partial charge >= 0.3 is 0 Å². The van der Waals surface area contributed by atoms with Crippen LogP contribution in [0.25, 0.3) is 0 Å². The molecule has 2 saturated heterocycles. The fourth-order valence-corrected chi connectivity index (χ4v) is 3.63. The van der Waals surface area contributed by atoms with E-state index in [9.17, 15) is 0 Å². The molecule has 2 atom stereocenters. The van der Waals surface area contributed by atoms with Crippen LogP contribution in [0.15, 0.2) is 0 Å². The summed E-state index contributed by atoms with van der Waals surface area (Å²) in [4.78, 5) is 5.00. The van der Waals surface area contributed by atoms with Crippen LogP contribution in [0, 0.1) is 11.8 Å². The van der Waals surface area contributed by atoms with E-state index in [-0.39, 0.29) is 11.2 Å². The highest BCUT2D eigenvalue weighted by atomic mass is 16.5. The molecule has 0 aromatic carbocycles. The molecule has 0 bridgehead atoms. The molecule has 2 aliphatic heterocycles. The van der Waals surface area contributed by atoms with Gasteiger partial charge in [-0.2, -0.15) is 0 Å². The minimum Gasteiger partial charge on any atom is -0.376 e. The van der Waals surface area contributed by atoms with Crippen LogP contribution in [0.2, 0.25) is 0 Å². The van der Waals surface area contributed by atoms with Crippen LogP contribution in [-0.4, -0.2) is 74.0 Å². The SMILES string of the molecule is CN1CC[C@@H](COC(C)(C)CCN2CCC(COC(C)(C)C)C2)C1. The van der Waals surface area contributed by atoms with Gasteiger partial charge in [0.1, 0.15) is 0 Å². The van der Waals surface area contributed by atoms with Crippen molar-refractivity contribution in [2.45, 2.75) is 65.1 Å². The Morgan fingerprint density at radius 3 is 2.12 bits per heavy atom. The second-order valence-electron chi connectivity index (χ2n) is 9.62. The Bertz CT molecular complexity index is 378. The van der Waals surface area contributed by atoms with Gasteiger partial charge in [-0.15, -0.1) is 0 Å². The summed E-state index contributed by atoms with van der Waals surface area (Å²) in [7, 11) is 2.21. The van der Waals surface area contributed by atoms with Gasteiger partial charge in [0.2, 0.25) is 0 Å². The van der Waals surface area contributed by atoms with E-state index in [1.165, 1.54) is 39.0 Å². The fraction of sp³-hybridized carbons (Fsp3) is 1.00. The highest BCUT2D eigenvalue weighted by Crippen LogP contribution is 2.24. The van der Waals surface area contributed by atoms with E-state index in [4.69, 9.17) is 9.47 Å². The van der Waals surface area contributed by atoms with Gasteiger partial charge in [0.15, 0.2) is 0 Å². The highest BCUT2D eigenvalue weighted by molar-refractivity contribution is 4.80. The Labute approximate surface area is 149 Å². The molecular weight excluding hydrogens is 300 g/mol. The summed E-state index contributed by atoms with van der Waals surface area (Å²) in [6, 6.07) is 0. The number of likely N-dealkylation sites (tertiary alicyclic amines) is 2. The Kier molecular flexibility index (Phi) is 7.12. The summed E-state index contributed by atoms with van der Waals surface area (Å²) in [6.07, 6.45) is 3.67. The van der Waals surface area contributed by atoms with Crippen molar-refractivity contribution in [3.05, 3.63) is 0 Å². The Morgan fingerprint density at radius 2 is 1.50 bits per heavy atom. The molecule has 2 aliphatic rings. The molecule has 0 saturated carbocycles. The van der Waals surface area contributed by atoms with Crippen LogP contribution in [0.3, 0.4) is 0 Å². The highest BCUT2D eigenvalue weighted by Gasteiger charge is 2.28. The standard InChI is InChI=1S/C20H40N2O2/c1-19(2,3)23-15-18-8-11-22(14-18)12-9-20(4,5)24-16-17-7-10-21(6)13-17/h17-18H,7-16H2,1-6H3/t17-,18?/m1/s1. The van der Waals surface area contributed by atoms with Crippen molar-refractivity contribution in [3.8, 4) is 0 Å². The molecule has 4 heteroatoms. The first kappa shape index (κ1) is 20.2. The predicted octanol–water partition coefficient (Wildman–Crippen LogP) is 3.26. The van der Waals surface area contributed by atoms with Crippen molar-refractivity contribution in [2.24, 2.45) is 11.8 Å². The molecule has 0 radical (unpaired) electrons. The topological polar surface area (TPSA) is 24.9 Å². The zero-order valence-electron chi connectivity index (χ0n) is 16.9. The van der Waals surface area contributed by atoms with E-state index in [1.54, 1.807) is 0 Å². The van der Waals surface area contributed by atoms with Gasteiger partial charge in [0.25, 0.3) is 0 Å². The maximum absolute atomic E-state index is 6.26.